The molecule has 4 rings (SSSR count). The monoisotopic (exact) mass is 471 g/mol. The maximum Gasteiger partial charge on any atom is 0.234 e. The Hall–Kier alpha value is -2.65. The van der Waals surface area contributed by atoms with Crippen molar-refractivity contribution in [3.63, 3.8) is 0 Å². The van der Waals surface area contributed by atoms with Crippen molar-refractivity contribution < 1.29 is 18.0 Å². The predicted octanol–water partition coefficient (Wildman–Crippen LogP) is 3.17. The number of sulfone groups is 1. The van der Waals surface area contributed by atoms with Crippen LogP contribution in [0.15, 0.2) is 53.5 Å². The summed E-state index contributed by atoms with van der Waals surface area (Å²) in [6, 6.07) is 14.1. The number of hydrogen-bond acceptors (Lipinski definition) is 7. The second kappa shape index (κ2) is 9.07. The summed E-state index contributed by atoms with van der Waals surface area (Å²) in [7, 11) is -3.18. The summed E-state index contributed by atoms with van der Waals surface area (Å²) < 4.78 is 24.4. The SMILES string of the molecule is CCc1ccccc1NC(=O)CSC1=N[C@@H]2CS(=O)(=O)C[C@@H]2N1c1cccc(C(C)=O)c1. The molecule has 0 radical (unpaired) electrons. The third kappa shape index (κ3) is 4.73. The molecule has 2 aliphatic rings. The third-order valence-corrected chi connectivity index (χ3v) is 8.31. The van der Waals surface area contributed by atoms with E-state index in [4.69, 9.17) is 0 Å². The molecule has 2 atom stereocenters. The first-order chi connectivity index (χ1) is 15.3. The quantitative estimate of drug-likeness (QED) is 0.650. The first kappa shape index (κ1) is 22.5. The van der Waals surface area contributed by atoms with Crippen LogP contribution < -0.4 is 10.2 Å². The zero-order chi connectivity index (χ0) is 22.9. The molecule has 2 heterocycles. The molecule has 1 fully saturated rings. The lowest BCUT2D eigenvalue weighted by atomic mass is 10.1. The van der Waals surface area contributed by atoms with E-state index < -0.39 is 9.84 Å². The van der Waals surface area contributed by atoms with Gasteiger partial charge in [0.05, 0.1) is 29.3 Å². The summed E-state index contributed by atoms with van der Waals surface area (Å²) in [6.45, 7) is 3.53. The van der Waals surface area contributed by atoms with Crippen molar-refractivity contribution >= 4 is 49.8 Å². The minimum Gasteiger partial charge on any atom is -0.325 e. The summed E-state index contributed by atoms with van der Waals surface area (Å²) in [6.07, 6.45) is 0.814. The van der Waals surface area contributed by atoms with Gasteiger partial charge in [0.1, 0.15) is 0 Å². The van der Waals surface area contributed by atoms with Crippen molar-refractivity contribution in [2.45, 2.75) is 32.4 Å². The Morgan fingerprint density at radius 2 is 1.94 bits per heavy atom. The minimum atomic E-state index is -3.18. The Labute approximate surface area is 192 Å². The number of thioether (sulfide) groups is 1. The number of rotatable bonds is 6. The largest absolute Gasteiger partial charge is 0.325 e. The van der Waals surface area contributed by atoms with Crippen LogP contribution in [0.2, 0.25) is 0 Å². The molecule has 0 aliphatic carbocycles. The van der Waals surface area contributed by atoms with Crippen LogP contribution in [-0.2, 0) is 21.1 Å². The number of amidine groups is 1. The molecule has 2 aromatic rings. The minimum absolute atomic E-state index is 0.000692. The van der Waals surface area contributed by atoms with Crippen molar-refractivity contribution in [3.05, 3.63) is 59.7 Å². The van der Waals surface area contributed by atoms with Crippen molar-refractivity contribution in [1.82, 2.24) is 0 Å². The van der Waals surface area contributed by atoms with Gasteiger partial charge >= 0.3 is 0 Å². The number of hydrogen-bond donors (Lipinski definition) is 1. The van der Waals surface area contributed by atoms with Crippen molar-refractivity contribution in [1.29, 1.82) is 0 Å². The Bertz CT molecular complexity index is 1190. The lowest BCUT2D eigenvalue weighted by molar-refractivity contribution is -0.113. The molecule has 1 amide bonds. The number of carbonyl (C=O) groups excluding carboxylic acids is 2. The van der Waals surface area contributed by atoms with E-state index in [-0.39, 0.29) is 41.0 Å². The standard InChI is InChI=1S/C23H25N3O4S2/c1-3-16-7-4-5-10-19(16)24-22(28)12-31-23-25-20-13-32(29,30)14-21(20)26(23)18-9-6-8-17(11-18)15(2)27/h4-11,20-21H,3,12-14H2,1-2H3,(H,24,28)/t20-,21+/m1/s1. The third-order valence-electron chi connectivity index (χ3n) is 5.64. The molecular weight excluding hydrogens is 446 g/mol. The molecule has 1 saturated heterocycles. The van der Waals surface area contributed by atoms with E-state index in [0.717, 1.165) is 17.7 Å². The summed E-state index contributed by atoms with van der Waals surface area (Å²) >= 11 is 1.28. The number of aliphatic imine (C=N–C) groups is 1. The lowest BCUT2D eigenvalue weighted by Gasteiger charge is -2.26. The molecule has 2 aliphatic heterocycles. The molecule has 0 unspecified atom stereocenters. The molecule has 0 aromatic heterocycles. The van der Waals surface area contributed by atoms with Crippen LogP contribution in [0, 0.1) is 0 Å². The Balaban J connectivity index is 1.54. The smallest absolute Gasteiger partial charge is 0.234 e. The summed E-state index contributed by atoms with van der Waals surface area (Å²) in [5, 5.41) is 3.56. The topological polar surface area (TPSA) is 95.9 Å². The zero-order valence-electron chi connectivity index (χ0n) is 17.9. The number of Topliss-reactive ketones (excluding diaryl/α,β-unsaturated/α-hetero) is 1. The highest BCUT2D eigenvalue weighted by molar-refractivity contribution is 8.14. The van der Waals surface area contributed by atoms with Crippen molar-refractivity contribution in [2.75, 3.05) is 27.5 Å². The van der Waals surface area contributed by atoms with Crippen molar-refractivity contribution in [3.8, 4) is 0 Å². The second-order valence-electron chi connectivity index (χ2n) is 7.95. The molecule has 0 bridgehead atoms. The maximum absolute atomic E-state index is 12.6. The van der Waals surface area contributed by atoms with Gasteiger partial charge in [-0.25, -0.2) is 8.42 Å². The first-order valence-corrected chi connectivity index (χ1v) is 13.3. The lowest BCUT2D eigenvalue weighted by Crippen LogP contribution is -2.39. The van der Waals surface area contributed by atoms with Crippen molar-refractivity contribution in [2.24, 2.45) is 4.99 Å². The van der Waals surface area contributed by atoms with Gasteiger partial charge in [0, 0.05) is 16.9 Å². The highest BCUT2D eigenvalue weighted by atomic mass is 32.2. The average molecular weight is 472 g/mol. The van der Waals surface area contributed by atoms with E-state index in [1.54, 1.807) is 18.2 Å². The van der Waals surface area contributed by atoms with E-state index in [1.807, 2.05) is 42.2 Å². The van der Waals surface area contributed by atoms with Crippen LogP contribution in [0.25, 0.3) is 0 Å². The molecule has 1 N–H and O–H groups in total. The summed E-state index contributed by atoms with van der Waals surface area (Å²) in [5.74, 6) is -0.0689. The fraction of sp³-hybridized carbons (Fsp3) is 0.348. The molecule has 2 aromatic carbocycles. The Morgan fingerprint density at radius 1 is 1.16 bits per heavy atom. The van der Waals surface area contributed by atoms with E-state index in [2.05, 4.69) is 10.3 Å². The normalized spacial score (nSPS) is 21.2. The second-order valence-corrected chi connectivity index (χ2v) is 11.0. The Kier molecular flexibility index (Phi) is 6.39. The van der Waals surface area contributed by atoms with Gasteiger partial charge in [-0.2, -0.15) is 0 Å². The molecule has 7 nitrogen and oxygen atoms in total. The maximum atomic E-state index is 12.6. The van der Waals surface area contributed by atoms with Crippen LogP contribution in [0.4, 0.5) is 11.4 Å². The van der Waals surface area contributed by atoms with Gasteiger partial charge in [-0.3, -0.25) is 14.6 Å². The number of carbonyl (C=O) groups is 2. The van der Waals surface area contributed by atoms with E-state index in [0.29, 0.717) is 16.4 Å². The van der Waals surface area contributed by atoms with Crippen LogP contribution in [0.3, 0.4) is 0 Å². The van der Waals surface area contributed by atoms with E-state index in [1.165, 1.54) is 18.7 Å². The van der Waals surface area contributed by atoms with Crippen LogP contribution >= 0.6 is 11.8 Å². The molecule has 168 valence electrons. The van der Waals surface area contributed by atoms with E-state index >= 15 is 0 Å². The molecule has 32 heavy (non-hydrogen) atoms. The molecule has 0 spiro atoms. The van der Waals surface area contributed by atoms with Gasteiger partial charge < -0.3 is 10.2 Å². The average Bonchev–Trinajstić information content (AvgIpc) is 3.23. The highest BCUT2D eigenvalue weighted by Gasteiger charge is 2.47. The van der Waals surface area contributed by atoms with E-state index in [9.17, 15) is 18.0 Å². The van der Waals surface area contributed by atoms with Gasteiger partial charge in [-0.1, -0.05) is 49.0 Å². The molecule has 0 saturated carbocycles. The van der Waals surface area contributed by atoms with Crippen LogP contribution in [0.5, 0.6) is 0 Å². The predicted molar refractivity (Wildman–Crippen MR) is 129 cm³/mol. The highest BCUT2D eigenvalue weighted by Crippen LogP contribution is 2.35. The fourth-order valence-electron chi connectivity index (χ4n) is 4.08. The number of benzene rings is 2. The molecule has 9 heteroatoms. The van der Waals surface area contributed by atoms with Gasteiger partial charge in [0.15, 0.2) is 20.8 Å². The fourth-order valence-corrected chi connectivity index (χ4v) is 6.84. The zero-order valence-corrected chi connectivity index (χ0v) is 19.6. The van der Waals surface area contributed by atoms with Crippen LogP contribution in [0.1, 0.15) is 29.8 Å². The summed E-state index contributed by atoms with van der Waals surface area (Å²) in [4.78, 5) is 31.0. The first-order valence-electron chi connectivity index (χ1n) is 10.5. The number of amides is 1. The number of anilines is 2. The van der Waals surface area contributed by atoms with Gasteiger partial charge in [0.2, 0.25) is 5.91 Å². The van der Waals surface area contributed by atoms with Gasteiger partial charge in [0.25, 0.3) is 0 Å². The molecular formula is C23H25N3O4S2. The summed E-state index contributed by atoms with van der Waals surface area (Å²) in [5.41, 5.74) is 3.12. The number of fused-ring (bicyclic) bond motifs is 1. The van der Waals surface area contributed by atoms with Gasteiger partial charge in [-0.15, -0.1) is 0 Å². The Morgan fingerprint density at radius 3 is 2.69 bits per heavy atom. The number of aryl methyl sites for hydroxylation is 1. The number of nitrogens with one attached hydrogen (secondary N) is 1. The number of ketones is 1. The van der Waals surface area contributed by atoms with Crippen LogP contribution in [-0.4, -0.2) is 54.6 Å². The van der Waals surface area contributed by atoms with Gasteiger partial charge in [-0.05, 0) is 37.1 Å². The number of para-hydroxylation sites is 1. The number of nitrogens with zero attached hydrogens (tertiary/aromatic N) is 2.